The van der Waals surface area contributed by atoms with E-state index in [2.05, 4.69) is 82.1 Å². The highest BCUT2D eigenvalue weighted by atomic mass is 32.2. The van der Waals surface area contributed by atoms with Crippen molar-refractivity contribution >= 4 is 12.1 Å². The quantitative estimate of drug-likeness (QED) is 0.268. The Hall–Kier alpha value is -4.00. The van der Waals surface area contributed by atoms with E-state index in [1.54, 1.807) is 0 Å². The number of imidazole rings is 1. The Kier molecular flexibility index (Phi) is 5.55. The summed E-state index contributed by atoms with van der Waals surface area (Å²) in [4.78, 5) is 4.79. The van der Waals surface area contributed by atoms with Crippen molar-refractivity contribution in [2.24, 2.45) is 0 Å². The van der Waals surface area contributed by atoms with Gasteiger partial charge in [0.1, 0.15) is 11.1 Å². The third-order valence-electron chi connectivity index (χ3n) is 6.91. The van der Waals surface area contributed by atoms with Gasteiger partial charge < -0.3 is 14.4 Å². The molecule has 2 aliphatic rings. The van der Waals surface area contributed by atoms with Crippen LogP contribution < -0.4 is 4.72 Å². The van der Waals surface area contributed by atoms with Gasteiger partial charge in [-0.3, -0.25) is 4.31 Å². The van der Waals surface area contributed by atoms with E-state index in [1.807, 2.05) is 66.5 Å². The molecule has 0 saturated carbocycles. The molecule has 0 aliphatic carbocycles. The first-order valence-corrected chi connectivity index (χ1v) is 12.6. The zero-order chi connectivity index (χ0) is 24.6. The lowest BCUT2D eigenvalue weighted by molar-refractivity contribution is 0.0933. The molecule has 0 amide bonds. The molecule has 6 rings (SSSR count). The fourth-order valence-corrected chi connectivity index (χ4v) is 5.81. The van der Waals surface area contributed by atoms with Crippen LogP contribution in [0.4, 0.5) is 0 Å². The monoisotopic (exact) mass is 490 g/mol. The molecule has 2 N–H and O–H groups in total. The Morgan fingerprint density at radius 1 is 0.833 bits per heavy atom. The lowest BCUT2D eigenvalue weighted by Crippen LogP contribution is -2.37. The van der Waals surface area contributed by atoms with Crippen LogP contribution in [0.3, 0.4) is 0 Å². The molecule has 1 unspecified atom stereocenters. The van der Waals surface area contributed by atoms with E-state index in [-0.39, 0.29) is 0 Å². The third-order valence-corrected chi connectivity index (χ3v) is 7.65. The van der Waals surface area contributed by atoms with Gasteiger partial charge in [-0.2, -0.15) is 0 Å². The topological polar surface area (TPSA) is 53.3 Å². The molecule has 2 aliphatic heterocycles. The Morgan fingerprint density at radius 2 is 1.39 bits per heavy atom. The normalized spacial score (nSPS) is 16.6. The molecule has 3 aromatic carbocycles. The molecule has 3 heterocycles. The summed E-state index contributed by atoms with van der Waals surface area (Å²) in [6.07, 6.45) is 11.6. The number of nitrogens with one attached hydrogen (secondary N) is 1. The highest BCUT2D eigenvalue weighted by molar-refractivity contribution is 7.95. The zero-order valence-electron chi connectivity index (χ0n) is 19.8. The van der Waals surface area contributed by atoms with E-state index in [0.717, 1.165) is 28.0 Å². The number of nitrogens with zero attached hydrogens (tertiary/aromatic N) is 3. The summed E-state index contributed by atoms with van der Waals surface area (Å²) in [5.74, 6) is 0. The second kappa shape index (κ2) is 8.90. The summed E-state index contributed by atoms with van der Waals surface area (Å²) in [6.45, 7) is 1.81. The van der Waals surface area contributed by atoms with Gasteiger partial charge in [-0.25, -0.2) is 4.98 Å². The maximum Gasteiger partial charge on any atom is 0.132 e. The molecule has 4 aromatic rings. The SMILES string of the molecule is CC(O)(C1=CC=CN2SNC=C12)c1cn(C(c2ccccc2)(c2ccccc2)c2ccccc2)cn1. The molecule has 0 fully saturated rings. The molecule has 36 heavy (non-hydrogen) atoms. The largest absolute Gasteiger partial charge is 0.379 e. The number of aliphatic hydroxyl groups is 1. The van der Waals surface area contributed by atoms with Gasteiger partial charge in [0.2, 0.25) is 0 Å². The van der Waals surface area contributed by atoms with Gasteiger partial charge in [0, 0.05) is 24.2 Å². The number of hydrogen-bond donors (Lipinski definition) is 2. The van der Waals surface area contributed by atoms with Crippen LogP contribution in [0.15, 0.2) is 139 Å². The molecule has 178 valence electrons. The van der Waals surface area contributed by atoms with Crippen LogP contribution >= 0.6 is 12.1 Å². The van der Waals surface area contributed by atoms with Crippen molar-refractivity contribution < 1.29 is 5.11 Å². The van der Waals surface area contributed by atoms with Crippen molar-refractivity contribution in [3.8, 4) is 0 Å². The molecule has 0 bridgehead atoms. The van der Waals surface area contributed by atoms with E-state index in [4.69, 9.17) is 4.98 Å². The van der Waals surface area contributed by atoms with Gasteiger partial charge >= 0.3 is 0 Å². The lowest BCUT2D eigenvalue weighted by atomic mass is 9.76. The highest BCUT2D eigenvalue weighted by Gasteiger charge is 2.41. The predicted octanol–water partition coefficient (Wildman–Crippen LogP) is 5.69. The first-order chi connectivity index (χ1) is 17.6. The van der Waals surface area contributed by atoms with Gasteiger partial charge in [0.05, 0.1) is 29.9 Å². The van der Waals surface area contributed by atoms with Crippen molar-refractivity contribution in [2.75, 3.05) is 0 Å². The summed E-state index contributed by atoms with van der Waals surface area (Å²) in [5, 5.41) is 11.9. The smallest absolute Gasteiger partial charge is 0.132 e. The minimum Gasteiger partial charge on any atom is -0.379 e. The lowest BCUT2D eigenvalue weighted by Gasteiger charge is -2.37. The second-order valence-electron chi connectivity index (χ2n) is 9.03. The number of benzene rings is 3. The van der Waals surface area contributed by atoms with E-state index in [1.165, 1.54) is 12.1 Å². The molecular weight excluding hydrogens is 464 g/mol. The third kappa shape index (κ3) is 3.49. The highest BCUT2D eigenvalue weighted by Crippen LogP contribution is 2.44. The first-order valence-electron chi connectivity index (χ1n) is 11.9. The van der Waals surface area contributed by atoms with E-state index >= 15 is 0 Å². The van der Waals surface area contributed by atoms with Crippen LogP contribution in [0, 0.1) is 0 Å². The standard InChI is InChI=1S/C30H26N4OS/c1-29(35,26-18-11-19-34-27(26)20-32-36-34)28-21-33(22-31-28)30(23-12-5-2-6-13-23,24-14-7-3-8-15-24)25-16-9-4-10-17-25/h2-22,32,35H,1H3. The molecule has 0 spiro atoms. The van der Waals surface area contributed by atoms with Crippen molar-refractivity contribution in [3.63, 3.8) is 0 Å². The number of fused-ring (bicyclic) bond motifs is 1. The molecule has 1 aromatic heterocycles. The van der Waals surface area contributed by atoms with E-state index < -0.39 is 11.1 Å². The fourth-order valence-electron chi connectivity index (χ4n) is 5.15. The average Bonchev–Trinajstić information content (AvgIpc) is 3.62. The summed E-state index contributed by atoms with van der Waals surface area (Å²) in [7, 11) is 0. The maximum absolute atomic E-state index is 11.9. The van der Waals surface area contributed by atoms with Crippen LogP contribution in [-0.4, -0.2) is 19.0 Å². The second-order valence-corrected chi connectivity index (χ2v) is 9.84. The van der Waals surface area contributed by atoms with Crippen molar-refractivity contribution in [1.29, 1.82) is 0 Å². The van der Waals surface area contributed by atoms with E-state index in [9.17, 15) is 5.11 Å². The van der Waals surface area contributed by atoms with Crippen LogP contribution in [0.5, 0.6) is 0 Å². The molecular formula is C30H26N4OS. The Labute approximate surface area is 215 Å². The molecule has 0 radical (unpaired) electrons. The first kappa shape index (κ1) is 22.5. The van der Waals surface area contributed by atoms with Gasteiger partial charge in [-0.15, -0.1) is 0 Å². The molecule has 5 nitrogen and oxygen atoms in total. The maximum atomic E-state index is 11.9. The number of allylic oxidation sites excluding steroid dienone is 2. The van der Waals surface area contributed by atoms with Gasteiger partial charge in [0.15, 0.2) is 0 Å². The Morgan fingerprint density at radius 3 is 1.94 bits per heavy atom. The summed E-state index contributed by atoms with van der Waals surface area (Å²) < 4.78 is 7.30. The average molecular weight is 491 g/mol. The van der Waals surface area contributed by atoms with E-state index in [0.29, 0.717) is 5.69 Å². The van der Waals surface area contributed by atoms with Crippen LogP contribution in [-0.2, 0) is 11.1 Å². The molecule has 1 atom stereocenters. The Balaban J connectivity index is 1.56. The zero-order valence-corrected chi connectivity index (χ0v) is 20.6. The van der Waals surface area contributed by atoms with Crippen molar-refractivity contribution in [3.05, 3.63) is 162 Å². The number of rotatable bonds is 6. The van der Waals surface area contributed by atoms with Crippen molar-refractivity contribution in [1.82, 2.24) is 18.6 Å². The summed E-state index contributed by atoms with van der Waals surface area (Å²) >= 11 is 1.47. The van der Waals surface area contributed by atoms with Gasteiger partial charge in [-0.05, 0) is 29.7 Å². The van der Waals surface area contributed by atoms with Crippen LogP contribution in [0.25, 0.3) is 0 Å². The van der Waals surface area contributed by atoms with Gasteiger partial charge in [-0.1, -0.05) is 97.1 Å². The molecule has 0 saturated heterocycles. The Bertz CT molecular complexity index is 1360. The van der Waals surface area contributed by atoms with Gasteiger partial charge in [0.25, 0.3) is 0 Å². The molecule has 6 heteroatoms. The van der Waals surface area contributed by atoms with Crippen molar-refractivity contribution in [2.45, 2.75) is 18.1 Å². The van der Waals surface area contributed by atoms with Crippen LogP contribution in [0.2, 0.25) is 0 Å². The predicted molar refractivity (Wildman–Crippen MR) is 144 cm³/mol. The van der Waals surface area contributed by atoms with Crippen LogP contribution in [0.1, 0.15) is 29.3 Å². The minimum absolute atomic E-state index is 0.578. The number of aromatic nitrogens is 2. The summed E-state index contributed by atoms with van der Waals surface area (Å²) in [5.41, 5.74) is 3.63. The summed E-state index contributed by atoms with van der Waals surface area (Å²) in [6, 6.07) is 31.4. The fraction of sp³-hybridized carbons (Fsp3) is 0.100. The minimum atomic E-state index is -1.30. The number of hydrogen-bond acceptors (Lipinski definition) is 5.